The summed E-state index contributed by atoms with van der Waals surface area (Å²) in [7, 11) is 1.56. The van der Waals surface area contributed by atoms with Gasteiger partial charge < -0.3 is 15.4 Å². The highest BCUT2D eigenvalue weighted by Gasteiger charge is 2.21. The summed E-state index contributed by atoms with van der Waals surface area (Å²) < 4.78 is 30.2. The van der Waals surface area contributed by atoms with Crippen LogP contribution in [-0.2, 0) is 4.79 Å². The van der Waals surface area contributed by atoms with Crippen LogP contribution in [0.15, 0.2) is 83.8 Å². The van der Waals surface area contributed by atoms with Gasteiger partial charge in [0.1, 0.15) is 11.8 Å². The van der Waals surface area contributed by atoms with E-state index in [0.717, 1.165) is 5.56 Å². The van der Waals surface area contributed by atoms with E-state index in [0.29, 0.717) is 33.8 Å². The molecule has 0 heterocycles. The van der Waals surface area contributed by atoms with Gasteiger partial charge in [-0.3, -0.25) is 4.79 Å². The third kappa shape index (κ3) is 5.96. The number of thioether (sulfide) groups is 1. The number of hydrogen-bond donors (Lipinski definition) is 2. The van der Waals surface area contributed by atoms with Crippen LogP contribution in [0.25, 0.3) is 0 Å². The normalized spacial score (nSPS) is 11.7. The molecule has 0 saturated carbocycles. The Morgan fingerprint density at radius 3 is 2.31 bits per heavy atom. The smallest absolute Gasteiger partial charge is 0.288 e. The highest BCUT2D eigenvalue weighted by molar-refractivity contribution is 7.99. The lowest BCUT2D eigenvalue weighted by molar-refractivity contribution is -0.117. The first-order valence-electron chi connectivity index (χ1n) is 8.86. The average Bonchev–Trinajstić information content (AvgIpc) is 2.73. The van der Waals surface area contributed by atoms with Crippen LogP contribution >= 0.6 is 11.8 Å². The van der Waals surface area contributed by atoms with Gasteiger partial charge in [-0.05, 0) is 42.0 Å². The number of anilines is 2. The molecule has 0 fully saturated rings. The predicted octanol–water partition coefficient (Wildman–Crippen LogP) is 5.80. The number of rotatable bonds is 8. The number of carbonyl (C=O) groups excluding carboxylic acids is 1. The summed E-state index contributed by atoms with van der Waals surface area (Å²) >= 11 is 0.482. The van der Waals surface area contributed by atoms with E-state index in [1.165, 1.54) is 0 Å². The maximum Gasteiger partial charge on any atom is 0.288 e. The van der Waals surface area contributed by atoms with E-state index in [1.54, 1.807) is 55.6 Å². The summed E-state index contributed by atoms with van der Waals surface area (Å²) in [5.41, 5.74) is 2.04. The number of halogens is 2. The SMILES string of the molecule is COc1cccc(NC(=O)[C@@H](Nc2ccc(SC(F)F)cc2)c2ccccc2)c1. The molecule has 0 spiro atoms. The molecule has 4 nitrogen and oxygen atoms in total. The number of benzene rings is 3. The molecule has 0 unspecified atom stereocenters. The molecular formula is C22H20F2N2O2S. The number of methoxy groups -OCH3 is 1. The van der Waals surface area contributed by atoms with Crippen LogP contribution in [0.1, 0.15) is 11.6 Å². The van der Waals surface area contributed by atoms with Crippen LogP contribution in [0.3, 0.4) is 0 Å². The zero-order valence-electron chi connectivity index (χ0n) is 15.6. The minimum atomic E-state index is -2.47. The van der Waals surface area contributed by atoms with Crippen molar-refractivity contribution in [3.63, 3.8) is 0 Å². The fourth-order valence-corrected chi connectivity index (χ4v) is 3.26. The number of carbonyl (C=O) groups is 1. The second kappa shape index (κ2) is 9.93. The van der Waals surface area contributed by atoms with Gasteiger partial charge in [0, 0.05) is 22.3 Å². The number of amides is 1. The van der Waals surface area contributed by atoms with E-state index in [2.05, 4.69) is 10.6 Å². The van der Waals surface area contributed by atoms with Crippen LogP contribution < -0.4 is 15.4 Å². The lowest BCUT2D eigenvalue weighted by Crippen LogP contribution is -2.27. The van der Waals surface area contributed by atoms with Crippen LogP contribution in [0, 0.1) is 0 Å². The standard InChI is InChI=1S/C22H20F2N2O2S/c1-28-18-9-5-8-17(14-18)26-21(27)20(15-6-3-2-4-7-15)25-16-10-12-19(13-11-16)29-22(23)24/h2-14,20,22,25H,1H3,(H,26,27)/t20-/m0/s1. The van der Waals surface area contributed by atoms with Crippen molar-refractivity contribution in [3.8, 4) is 5.75 Å². The number of nitrogens with one attached hydrogen (secondary N) is 2. The third-order valence-electron chi connectivity index (χ3n) is 4.12. The molecule has 29 heavy (non-hydrogen) atoms. The molecule has 3 rings (SSSR count). The first-order valence-corrected chi connectivity index (χ1v) is 9.74. The van der Waals surface area contributed by atoms with Crippen molar-refractivity contribution in [3.05, 3.63) is 84.4 Å². The average molecular weight is 414 g/mol. The van der Waals surface area contributed by atoms with Crippen LogP contribution in [-0.4, -0.2) is 18.8 Å². The first kappa shape index (κ1) is 20.7. The van der Waals surface area contributed by atoms with Gasteiger partial charge in [-0.2, -0.15) is 8.78 Å². The van der Waals surface area contributed by atoms with Crippen LogP contribution in [0.4, 0.5) is 20.2 Å². The minimum Gasteiger partial charge on any atom is -0.497 e. The minimum absolute atomic E-state index is 0.254. The largest absolute Gasteiger partial charge is 0.497 e. The zero-order valence-corrected chi connectivity index (χ0v) is 16.5. The van der Waals surface area contributed by atoms with Gasteiger partial charge in [0.15, 0.2) is 0 Å². The summed E-state index contributed by atoms with van der Waals surface area (Å²) in [6, 6.07) is 22.3. The summed E-state index contributed by atoms with van der Waals surface area (Å²) in [5.74, 6) is -2.09. The van der Waals surface area contributed by atoms with Gasteiger partial charge >= 0.3 is 0 Å². The van der Waals surface area contributed by atoms with Gasteiger partial charge in [0.25, 0.3) is 11.7 Å². The Bertz CT molecular complexity index is 937. The Hall–Kier alpha value is -3.06. The van der Waals surface area contributed by atoms with Gasteiger partial charge in [-0.1, -0.05) is 48.2 Å². The molecule has 0 bridgehead atoms. The number of ether oxygens (including phenoxy) is 1. The maximum atomic E-state index is 13.0. The monoisotopic (exact) mass is 414 g/mol. The zero-order chi connectivity index (χ0) is 20.6. The molecule has 0 saturated heterocycles. The molecule has 3 aromatic rings. The van der Waals surface area contributed by atoms with Gasteiger partial charge in [0.05, 0.1) is 7.11 Å². The molecule has 3 aromatic carbocycles. The Labute approximate surface area is 172 Å². The van der Waals surface area contributed by atoms with E-state index in [4.69, 9.17) is 4.74 Å². The van der Waals surface area contributed by atoms with E-state index >= 15 is 0 Å². The highest BCUT2D eigenvalue weighted by Crippen LogP contribution is 2.28. The fourth-order valence-electron chi connectivity index (χ4n) is 2.76. The van der Waals surface area contributed by atoms with Crippen molar-refractivity contribution in [1.82, 2.24) is 0 Å². The third-order valence-corrected chi connectivity index (χ3v) is 4.85. The van der Waals surface area contributed by atoms with Crippen molar-refractivity contribution in [1.29, 1.82) is 0 Å². The van der Waals surface area contributed by atoms with Crippen LogP contribution in [0.2, 0.25) is 0 Å². The summed E-state index contributed by atoms with van der Waals surface area (Å²) in [5, 5.41) is 6.07. The van der Waals surface area contributed by atoms with Crippen molar-refractivity contribution in [2.45, 2.75) is 16.7 Å². The molecule has 0 aromatic heterocycles. The molecule has 150 valence electrons. The van der Waals surface area contributed by atoms with Crippen molar-refractivity contribution in [2.24, 2.45) is 0 Å². The molecule has 7 heteroatoms. The van der Waals surface area contributed by atoms with Gasteiger partial charge in [-0.25, -0.2) is 0 Å². The predicted molar refractivity (Wildman–Crippen MR) is 113 cm³/mol. The molecule has 0 radical (unpaired) electrons. The summed E-state index contributed by atoms with van der Waals surface area (Å²) in [6.07, 6.45) is 0. The van der Waals surface area contributed by atoms with Crippen molar-refractivity contribution in [2.75, 3.05) is 17.7 Å². The van der Waals surface area contributed by atoms with E-state index in [1.807, 2.05) is 30.3 Å². The highest BCUT2D eigenvalue weighted by atomic mass is 32.2. The number of alkyl halides is 2. The Kier molecular flexibility index (Phi) is 7.08. The molecule has 0 aliphatic carbocycles. The summed E-state index contributed by atoms with van der Waals surface area (Å²) in [4.78, 5) is 13.5. The van der Waals surface area contributed by atoms with E-state index in [9.17, 15) is 13.6 Å². The molecular weight excluding hydrogens is 394 g/mol. The maximum absolute atomic E-state index is 13.0. The lowest BCUT2D eigenvalue weighted by Gasteiger charge is -2.20. The molecule has 1 atom stereocenters. The van der Waals surface area contributed by atoms with Gasteiger partial charge in [-0.15, -0.1) is 0 Å². The molecule has 0 aliphatic rings. The van der Waals surface area contributed by atoms with E-state index < -0.39 is 11.8 Å². The molecule has 2 N–H and O–H groups in total. The van der Waals surface area contributed by atoms with Crippen molar-refractivity contribution < 1.29 is 18.3 Å². The first-order chi connectivity index (χ1) is 14.0. The molecule has 0 aliphatic heterocycles. The topological polar surface area (TPSA) is 50.4 Å². The van der Waals surface area contributed by atoms with Crippen molar-refractivity contribution >= 4 is 29.0 Å². The van der Waals surface area contributed by atoms with Crippen LogP contribution in [0.5, 0.6) is 5.75 Å². The van der Waals surface area contributed by atoms with Gasteiger partial charge in [0.2, 0.25) is 0 Å². The number of hydrogen-bond acceptors (Lipinski definition) is 4. The Balaban J connectivity index is 1.80. The molecule has 1 amide bonds. The fraction of sp³-hybridized carbons (Fsp3) is 0.136. The lowest BCUT2D eigenvalue weighted by atomic mass is 10.1. The van der Waals surface area contributed by atoms with E-state index in [-0.39, 0.29) is 5.91 Å². The second-order valence-corrected chi connectivity index (χ2v) is 7.18. The quantitative estimate of drug-likeness (QED) is 0.457. The second-order valence-electron chi connectivity index (χ2n) is 6.11. The Morgan fingerprint density at radius 2 is 1.66 bits per heavy atom. The summed E-state index contributed by atoms with van der Waals surface area (Å²) in [6.45, 7) is 0. The Morgan fingerprint density at radius 1 is 0.931 bits per heavy atom.